The van der Waals surface area contributed by atoms with Gasteiger partial charge >= 0.3 is 0 Å². The van der Waals surface area contributed by atoms with Gasteiger partial charge in [-0.3, -0.25) is 4.79 Å². The van der Waals surface area contributed by atoms with Gasteiger partial charge in [0.15, 0.2) is 0 Å². The van der Waals surface area contributed by atoms with E-state index in [-0.39, 0.29) is 5.91 Å². The van der Waals surface area contributed by atoms with Gasteiger partial charge in [0, 0.05) is 12.6 Å². The molecular weight excluding hydrogens is 236 g/mol. The van der Waals surface area contributed by atoms with Crippen molar-refractivity contribution in [3.8, 4) is 0 Å². The third-order valence-corrected chi connectivity index (χ3v) is 5.64. The summed E-state index contributed by atoms with van der Waals surface area (Å²) in [6.45, 7) is 2.91. The highest BCUT2D eigenvalue weighted by atomic mass is 16.2. The van der Waals surface area contributed by atoms with Crippen molar-refractivity contribution in [2.75, 3.05) is 6.54 Å². The van der Waals surface area contributed by atoms with Crippen LogP contribution in [0.2, 0.25) is 0 Å². The van der Waals surface area contributed by atoms with Gasteiger partial charge in [-0.25, -0.2) is 0 Å². The molecule has 2 atom stereocenters. The summed E-state index contributed by atoms with van der Waals surface area (Å²) in [5, 5.41) is 0. The highest BCUT2D eigenvalue weighted by Crippen LogP contribution is 2.41. The van der Waals surface area contributed by atoms with Crippen molar-refractivity contribution in [2.24, 2.45) is 17.6 Å². The fourth-order valence-electron chi connectivity index (χ4n) is 4.22. The Hall–Kier alpha value is -0.570. The number of nitrogens with two attached hydrogens (primary N) is 1. The van der Waals surface area contributed by atoms with Crippen LogP contribution in [0.1, 0.15) is 64.7 Å². The minimum absolute atomic E-state index is 0.239. The molecule has 3 fully saturated rings. The second kappa shape index (κ2) is 5.08. The molecular formula is C16H28N2O. The molecule has 3 aliphatic rings. The van der Waals surface area contributed by atoms with Crippen molar-refractivity contribution in [3.05, 3.63) is 0 Å². The summed E-state index contributed by atoms with van der Waals surface area (Å²) in [6.07, 6.45) is 11.4. The molecule has 3 rings (SSSR count). The van der Waals surface area contributed by atoms with Crippen LogP contribution < -0.4 is 5.73 Å². The Morgan fingerprint density at radius 1 is 1.05 bits per heavy atom. The quantitative estimate of drug-likeness (QED) is 0.852. The number of hydrogen-bond acceptors (Lipinski definition) is 2. The molecule has 0 aromatic heterocycles. The molecule has 0 spiro atoms. The Kier molecular flexibility index (Phi) is 3.59. The molecule has 1 heterocycles. The van der Waals surface area contributed by atoms with Crippen LogP contribution in [0.3, 0.4) is 0 Å². The van der Waals surface area contributed by atoms with E-state index < -0.39 is 5.54 Å². The largest absolute Gasteiger partial charge is 0.338 e. The number of rotatable bonds is 3. The van der Waals surface area contributed by atoms with Crippen LogP contribution in [0.25, 0.3) is 0 Å². The van der Waals surface area contributed by atoms with Crippen molar-refractivity contribution in [3.63, 3.8) is 0 Å². The Labute approximate surface area is 116 Å². The van der Waals surface area contributed by atoms with Gasteiger partial charge in [-0.2, -0.15) is 0 Å². The van der Waals surface area contributed by atoms with Crippen LogP contribution in [-0.2, 0) is 4.79 Å². The molecule has 108 valence electrons. The first-order valence-electron chi connectivity index (χ1n) is 8.20. The fraction of sp³-hybridized carbons (Fsp3) is 0.938. The summed E-state index contributed by atoms with van der Waals surface area (Å²) in [4.78, 5) is 15.0. The Bertz CT molecular complexity index is 343. The topological polar surface area (TPSA) is 46.3 Å². The van der Waals surface area contributed by atoms with Crippen molar-refractivity contribution >= 4 is 5.91 Å². The Balaban J connectivity index is 1.69. The van der Waals surface area contributed by atoms with Crippen molar-refractivity contribution < 1.29 is 4.79 Å². The highest BCUT2D eigenvalue weighted by Gasteiger charge is 2.48. The lowest BCUT2D eigenvalue weighted by Crippen LogP contribution is -2.57. The number of carbonyl (C=O) groups excluding carboxylic acids is 1. The summed E-state index contributed by atoms with van der Waals surface area (Å²) in [5.74, 6) is 1.42. The zero-order valence-corrected chi connectivity index (χ0v) is 12.2. The maximum Gasteiger partial charge on any atom is 0.242 e. The highest BCUT2D eigenvalue weighted by molar-refractivity contribution is 5.87. The zero-order valence-electron chi connectivity index (χ0n) is 12.2. The van der Waals surface area contributed by atoms with Gasteiger partial charge < -0.3 is 10.6 Å². The van der Waals surface area contributed by atoms with Gasteiger partial charge in [-0.15, -0.1) is 0 Å². The molecule has 3 nitrogen and oxygen atoms in total. The molecule has 2 N–H and O–H groups in total. The average molecular weight is 264 g/mol. The summed E-state index contributed by atoms with van der Waals surface area (Å²) < 4.78 is 0. The lowest BCUT2D eigenvalue weighted by molar-refractivity contribution is -0.139. The second-order valence-corrected chi connectivity index (χ2v) is 7.16. The van der Waals surface area contributed by atoms with Crippen molar-refractivity contribution in [2.45, 2.75) is 76.3 Å². The van der Waals surface area contributed by atoms with E-state index >= 15 is 0 Å². The predicted molar refractivity (Wildman–Crippen MR) is 76.6 cm³/mol. The standard InChI is InChI=1S/C16H28N2O/c1-16(17,13-9-10-13)15(19)18-11-5-8-14(18)12-6-3-2-4-7-12/h12-14H,2-11,17H2,1H3. The average Bonchev–Trinajstić information content (AvgIpc) is 3.18. The summed E-state index contributed by atoms with van der Waals surface area (Å²) in [6, 6.07) is 0.495. The van der Waals surface area contributed by atoms with E-state index in [0.29, 0.717) is 12.0 Å². The SMILES string of the molecule is CC(N)(C(=O)N1CCCC1C1CCCCC1)C1CC1. The molecule has 1 amide bonds. The van der Waals surface area contributed by atoms with E-state index in [4.69, 9.17) is 5.73 Å². The first-order chi connectivity index (χ1) is 9.10. The Morgan fingerprint density at radius 2 is 1.74 bits per heavy atom. The third-order valence-electron chi connectivity index (χ3n) is 5.64. The van der Waals surface area contributed by atoms with Gasteiger partial charge in [0.2, 0.25) is 5.91 Å². The van der Waals surface area contributed by atoms with Crippen LogP contribution in [0.15, 0.2) is 0 Å². The minimum atomic E-state index is -0.600. The summed E-state index contributed by atoms with van der Waals surface area (Å²) >= 11 is 0. The van der Waals surface area contributed by atoms with E-state index in [1.165, 1.54) is 44.9 Å². The molecule has 2 aliphatic carbocycles. The molecule has 0 radical (unpaired) electrons. The van der Waals surface area contributed by atoms with E-state index in [2.05, 4.69) is 4.90 Å². The number of nitrogens with zero attached hydrogens (tertiary/aromatic N) is 1. The fourth-order valence-corrected chi connectivity index (χ4v) is 4.22. The number of amides is 1. The lowest BCUT2D eigenvalue weighted by atomic mass is 9.82. The molecule has 2 saturated carbocycles. The molecule has 2 unspecified atom stereocenters. The maximum atomic E-state index is 12.8. The van der Waals surface area contributed by atoms with Crippen molar-refractivity contribution in [1.29, 1.82) is 0 Å². The summed E-state index contributed by atoms with van der Waals surface area (Å²) in [5.41, 5.74) is 5.75. The van der Waals surface area contributed by atoms with Gasteiger partial charge in [0.1, 0.15) is 0 Å². The second-order valence-electron chi connectivity index (χ2n) is 7.16. The van der Waals surface area contributed by atoms with Crippen LogP contribution in [0.4, 0.5) is 0 Å². The first kappa shape index (κ1) is 13.4. The minimum Gasteiger partial charge on any atom is -0.338 e. The van der Waals surface area contributed by atoms with E-state index in [1.54, 1.807) is 0 Å². The van der Waals surface area contributed by atoms with Gasteiger partial charge in [-0.1, -0.05) is 19.3 Å². The maximum absolute atomic E-state index is 12.8. The molecule has 0 bridgehead atoms. The molecule has 1 aliphatic heterocycles. The van der Waals surface area contributed by atoms with E-state index in [1.807, 2.05) is 6.92 Å². The van der Waals surface area contributed by atoms with Gasteiger partial charge in [0.05, 0.1) is 5.54 Å². The smallest absolute Gasteiger partial charge is 0.242 e. The zero-order chi connectivity index (χ0) is 13.5. The molecule has 0 aromatic carbocycles. The van der Waals surface area contributed by atoms with Crippen LogP contribution in [0.5, 0.6) is 0 Å². The lowest BCUT2D eigenvalue weighted by Gasteiger charge is -2.38. The normalized spacial score (nSPS) is 32.3. The predicted octanol–water partition coefficient (Wildman–Crippen LogP) is 2.69. The number of likely N-dealkylation sites (tertiary alicyclic amines) is 1. The third kappa shape index (κ3) is 2.54. The number of carbonyl (C=O) groups is 1. The first-order valence-corrected chi connectivity index (χ1v) is 8.20. The molecule has 1 saturated heterocycles. The molecule has 3 heteroatoms. The van der Waals surface area contributed by atoms with Gasteiger partial charge in [-0.05, 0) is 57.3 Å². The van der Waals surface area contributed by atoms with Crippen molar-refractivity contribution in [1.82, 2.24) is 4.90 Å². The molecule has 19 heavy (non-hydrogen) atoms. The molecule has 0 aromatic rings. The van der Waals surface area contributed by atoms with E-state index in [9.17, 15) is 4.79 Å². The summed E-state index contributed by atoms with van der Waals surface area (Å²) in [7, 11) is 0. The van der Waals surface area contributed by atoms with Crippen LogP contribution in [-0.4, -0.2) is 28.9 Å². The Morgan fingerprint density at radius 3 is 2.37 bits per heavy atom. The number of hydrogen-bond donors (Lipinski definition) is 1. The van der Waals surface area contributed by atoms with Crippen LogP contribution in [0, 0.1) is 11.8 Å². The van der Waals surface area contributed by atoms with E-state index in [0.717, 1.165) is 25.3 Å². The van der Waals surface area contributed by atoms with Gasteiger partial charge in [0.25, 0.3) is 0 Å². The monoisotopic (exact) mass is 264 g/mol. The van der Waals surface area contributed by atoms with Crippen LogP contribution >= 0.6 is 0 Å².